The lowest BCUT2D eigenvalue weighted by Gasteiger charge is -2.17. The highest BCUT2D eigenvalue weighted by molar-refractivity contribution is 6.19. The molecule has 0 aliphatic heterocycles. The Morgan fingerprint density at radius 1 is 0.292 bits per heavy atom. The van der Waals surface area contributed by atoms with E-state index in [1.54, 1.807) is 0 Å². The van der Waals surface area contributed by atoms with Gasteiger partial charge in [-0.15, -0.1) is 0 Å². The van der Waals surface area contributed by atoms with Gasteiger partial charge in [-0.25, -0.2) is 0 Å². The van der Waals surface area contributed by atoms with E-state index in [0.717, 1.165) is 51.4 Å². The van der Waals surface area contributed by atoms with Crippen LogP contribution < -0.4 is 0 Å². The number of benzene rings is 7. The third kappa shape index (κ3) is 5.26. The van der Waals surface area contributed by atoms with Crippen molar-refractivity contribution in [2.45, 2.75) is 51.4 Å². The second kappa shape index (κ2) is 12.4. The molecule has 0 aromatic heterocycles. The molecular formula is C48H40. The van der Waals surface area contributed by atoms with Gasteiger partial charge in [0.25, 0.3) is 0 Å². The van der Waals surface area contributed by atoms with E-state index in [1.165, 1.54) is 88.7 Å². The lowest BCUT2D eigenvalue weighted by Crippen LogP contribution is -2.02. The fraction of sp³-hybridized carbons (Fsp3) is 0.167. The Kier molecular flexibility index (Phi) is 7.51. The van der Waals surface area contributed by atoms with Crippen LogP contribution in [0.2, 0.25) is 0 Å². The molecule has 0 amide bonds. The quantitative estimate of drug-likeness (QED) is 0.172. The van der Waals surface area contributed by atoms with Crippen molar-refractivity contribution in [1.82, 2.24) is 0 Å². The fourth-order valence-corrected chi connectivity index (χ4v) is 8.54. The molecule has 0 unspecified atom stereocenters. The van der Waals surface area contributed by atoms with Crippen molar-refractivity contribution in [3.63, 3.8) is 0 Å². The van der Waals surface area contributed by atoms with E-state index < -0.39 is 0 Å². The Labute approximate surface area is 284 Å². The van der Waals surface area contributed by atoms with Crippen LogP contribution in [-0.4, -0.2) is 0 Å². The van der Waals surface area contributed by atoms with Crippen LogP contribution in [0.15, 0.2) is 146 Å². The molecule has 0 fully saturated rings. The summed E-state index contributed by atoms with van der Waals surface area (Å²) in [5.41, 5.74) is 20.1. The number of fused-ring (bicyclic) bond motifs is 5. The van der Waals surface area contributed by atoms with Gasteiger partial charge in [-0.05, 0) is 140 Å². The monoisotopic (exact) mass is 616 g/mol. The van der Waals surface area contributed by atoms with E-state index in [-0.39, 0.29) is 0 Å². The molecule has 7 aromatic rings. The number of hydrogen-bond acceptors (Lipinski definition) is 0. The first-order valence-electron chi connectivity index (χ1n) is 17.8. The molecule has 10 rings (SSSR count). The van der Waals surface area contributed by atoms with E-state index in [0.29, 0.717) is 0 Å². The van der Waals surface area contributed by atoms with Crippen LogP contribution in [0.25, 0.3) is 44.2 Å². The summed E-state index contributed by atoms with van der Waals surface area (Å²) in [5, 5.41) is 2.78. The Morgan fingerprint density at radius 3 is 1.33 bits per heavy atom. The molecule has 0 heteroatoms. The first-order chi connectivity index (χ1) is 23.8. The van der Waals surface area contributed by atoms with E-state index in [4.69, 9.17) is 0 Å². The SMILES string of the molecule is c1ccc(-c2ccc3c4c(cccc24)-c2c4ccc(c2-3)CCc2ccccc2CCc2cccc(c2)CCc2ccccc2CC4)cc1. The average Bonchev–Trinajstić information content (AvgIpc) is 3.49. The third-order valence-electron chi connectivity index (χ3n) is 11.0. The summed E-state index contributed by atoms with van der Waals surface area (Å²) in [4.78, 5) is 0. The van der Waals surface area contributed by atoms with Crippen LogP contribution in [0.3, 0.4) is 0 Å². The molecular weight excluding hydrogens is 577 g/mol. The summed E-state index contributed by atoms with van der Waals surface area (Å²) in [6.45, 7) is 0. The summed E-state index contributed by atoms with van der Waals surface area (Å²) in [6, 6.07) is 55.3. The Balaban J connectivity index is 1.19. The van der Waals surface area contributed by atoms with Gasteiger partial charge in [0, 0.05) is 0 Å². The van der Waals surface area contributed by atoms with E-state index in [1.807, 2.05) is 0 Å². The molecule has 0 N–H and O–H groups in total. The third-order valence-corrected chi connectivity index (χ3v) is 11.0. The highest BCUT2D eigenvalue weighted by Crippen LogP contribution is 2.52. The maximum Gasteiger partial charge on any atom is -0.00199 e. The normalized spacial score (nSPS) is 14.0. The van der Waals surface area contributed by atoms with Crippen LogP contribution in [0.4, 0.5) is 0 Å². The molecule has 48 heavy (non-hydrogen) atoms. The lowest BCUT2D eigenvalue weighted by atomic mass is 9.87. The number of rotatable bonds is 1. The second-order valence-electron chi connectivity index (χ2n) is 13.7. The molecule has 3 aliphatic carbocycles. The van der Waals surface area contributed by atoms with Crippen LogP contribution >= 0.6 is 0 Å². The van der Waals surface area contributed by atoms with Crippen LogP contribution in [0, 0.1) is 0 Å². The molecule has 0 nitrogen and oxygen atoms in total. The molecule has 232 valence electrons. The topological polar surface area (TPSA) is 0 Å². The standard InChI is InChI=1S/C48H40/c1-2-16-39(17-3-1)42-30-31-45-47-41-27-25-38-15-7-5-13-36(38)23-21-34-11-8-10-33(32-34)20-22-35-12-4-6-14-37(35)24-26-40(28-29-41)46(47)44-19-9-18-43(42)48(44)45/h1-19,28-32H,20-27H2. The van der Waals surface area contributed by atoms with Crippen molar-refractivity contribution >= 4 is 10.8 Å². The van der Waals surface area contributed by atoms with Gasteiger partial charge < -0.3 is 0 Å². The first-order valence-corrected chi connectivity index (χ1v) is 17.8. The predicted octanol–water partition coefficient (Wildman–Crippen LogP) is 11.6. The van der Waals surface area contributed by atoms with Crippen molar-refractivity contribution in [3.05, 3.63) is 190 Å². The van der Waals surface area contributed by atoms with Gasteiger partial charge in [0.1, 0.15) is 0 Å². The molecule has 4 bridgehead atoms. The van der Waals surface area contributed by atoms with Crippen LogP contribution in [-0.2, 0) is 51.4 Å². The molecule has 0 radical (unpaired) electrons. The minimum absolute atomic E-state index is 1.04. The molecule has 7 aromatic carbocycles. The number of hydrogen-bond donors (Lipinski definition) is 0. The molecule has 3 aliphatic rings. The largest absolute Gasteiger partial charge is 0.0622 e. The van der Waals surface area contributed by atoms with Gasteiger partial charge >= 0.3 is 0 Å². The lowest BCUT2D eigenvalue weighted by molar-refractivity contribution is 0.886. The molecule has 0 saturated carbocycles. The first kappa shape index (κ1) is 29.0. The zero-order valence-electron chi connectivity index (χ0n) is 27.5. The van der Waals surface area contributed by atoms with Crippen molar-refractivity contribution in [3.8, 4) is 33.4 Å². The van der Waals surface area contributed by atoms with Gasteiger partial charge in [0.05, 0.1) is 0 Å². The van der Waals surface area contributed by atoms with Crippen molar-refractivity contribution in [2.24, 2.45) is 0 Å². The van der Waals surface area contributed by atoms with Gasteiger partial charge in [-0.3, -0.25) is 0 Å². The summed E-state index contributed by atoms with van der Waals surface area (Å²) in [6.07, 6.45) is 8.48. The summed E-state index contributed by atoms with van der Waals surface area (Å²) in [5.74, 6) is 0. The fourth-order valence-electron chi connectivity index (χ4n) is 8.54. The van der Waals surface area contributed by atoms with E-state index in [9.17, 15) is 0 Å². The summed E-state index contributed by atoms with van der Waals surface area (Å²) >= 11 is 0. The summed E-state index contributed by atoms with van der Waals surface area (Å²) in [7, 11) is 0. The minimum atomic E-state index is 1.04. The van der Waals surface area contributed by atoms with Gasteiger partial charge in [-0.2, -0.15) is 0 Å². The second-order valence-corrected chi connectivity index (χ2v) is 13.7. The maximum atomic E-state index is 2.46. The van der Waals surface area contributed by atoms with Crippen molar-refractivity contribution < 1.29 is 0 Å². The highest BCUT2D eigenvalue weighted by atomic mass is 14.3. The van der Waals surface area contributed by atoms with Gasteiger partial charge in [0.15, 0.2) is 0 Å². The zero-order chi connectivity index (χ0) is 31.9. The van der Waals surface area contributed by atoms with E-state index >= 15 is 0 Å². The van der Waals surface area contributed by atoms with Crippen molar-refractivity contribution in [2.75, 3.05) is 0 Å². The number of aryl methyl sites for hydroxylation is 8. The van der Waals surface area contributed by atoms with Crippen molar-refractivity contribution in [1.29, 1.82) is 0 Å². The van der Waals surface area contributed by atoms with E-state index in [2.05, 4.69) is 146 Å². The summed E-state index contributed by atoms with van der Waals surface area (Å²) < 4.78 is 0. The molecule has 0 heterocycles. The maximum absolute atomic E-state index is 2.46. The van der Waals surface area contributed by atoms with Crippen LogP contribution in [0.5, 0.6) is 0 Å². The highest BCUT2D eigenvalue weighted by Gasteiger charge is 2.27. The average molecular weight is 617 g/mol. The smallest absolute Gasteiger partial charge is 0.00199 e. The van der Waals surface area contributed by atoms with Gasteiger partial charge in [0.2, 0.25) is 0 Å². The molecule has 0 atom stereocenters. The Morgan fingerprint density at radius 2 is 0.750 bits per heavy atom. The molecule has 0 spiro atoms. The Hall–Kier alpha value is -5.20. The Bertz CT molecular complexity index is 2180. The molecule has 0 saturated heterocycles. The predicted molar refractivity (Wildman–Crippen MR) is 203 cm³/mol. The zero-order valence-corrected chi connectivity index (χ0v) is 27.5. The van der Waals surface area contributed by atoms with Crippen LogP contribution in [0.1, 0.15) is 44.5 Å². The van der Waals surface area contributed by atoms with Gasteiger partial charge in [-0.1, -0.05) is 146 Å². The minimum Gasteiger partial charge on any atom is -0.0622 e.